The minimum Gasteiger partial charge on any atom is -0.495 e. The lowest BCUT2D eigenvalue weighted by molar-refractivity contribution is 0.0687. The van der Waals surface area contributed by atoms with E-state index < -0.39 is 5.97 Å². The Morgan fingerprint density at radius 1 is 1.16 bits per heavy atom. The van der Waals surface area contributed by atoms with Gasteiger partial charge in [0.15, 0.2) is 0 Å². The summed E-state index contributed by atoms with van der Waals surface area (Å²) in [6.07, 6.45) is 0. The number of carboxylic acid groups (broad SMARTS) is 1. The van der Waals surface area contributed by atoms with Crippen LogP contribution < -0.4 is 9.47 Å². The molecule has 1 aromatic heterocycles. The van der Waals surface area contributed by atoms with E-state index >= 15 is 0 Å². The van der Waals surface area contributed by atoms with E-state index in [-0.39, 0.29) is 11.6 Å². The number of nitrogens with one attached hydrogen (secondary N) is 1. The van der Waals surface area contributed by atoms with Crippen molar-refractivity contribution in [2.24, 2.45) is 0 Å². The number of aromatic nitrogens is 3. The molecule has 0 spiro atoms. The number of nitrogens with zero attached hydrogens (tertiary/aromatic N) is 2. The molecule has 1 heterocycles. The summed E-state index contributed by atoms with van der Waals surface area (Å²) in [5.74, 6) is 5.74. The highest BCUT2D eigenvalue weighted by molar-refractivity contribution is 5.87. The average Bonchev–Trinajstić information content (AvgIpc) is 3.09. The number of aromatic amines is 1. The highest BCUT2D eigenvalue weighted by Crippen LogP contribution is 2.27. The maximum atomic E-state index is 11.1. The molecule has 3 rings (SSSR count). The van der Waals surface area contributed by atoms with Crippen LogP contribution in [0.4, 0.5) is 0 Å². The predicted octanol–water partition coefficient (Wildman–Crippen LogP) is 2.70. The molecule has 0 radical (unpaired) electrons. The fraction of sp³-hybridized carbons (Fsp3) is 0.0556. The number of carbonyl (C=O) groups is 1. The van der Waals surface area contributed by atoms with Crippen LogP contribution in [0.15, 0.2) is 48.5 Å². The van der Waals surface area contributed by atoms with Gasteiger partial charge in [-0.1, -0.05) is 35.3 Å². The summed E-state index contributed by atoms with van der Waals surface area (Å²) < 4.78 is 10.8. The van der Waals surface area contributed by atoms with Crippen molar-refractivity contribution >= 4 is 5.97 Å². The summed E-state index contributed by atoms with van der Waals surface area (Å²) in [6, 6.07) is 14.5. The zero-order chi connectivity index (χ0) is 17.6. The van der Waals surface area contributed by atoms with Gasteiger partial charge in [0.25, 0.3) is 5.88 Å². The number of rotatable bonds is 4. The summed E-state index contributed by atoms with van der Waals surface area (Å²) in [4.78, 5) is 11.1. The Kier molecular flexibility index (Phi) is 4.62. The maximum absolute atomic E-state index is 11.1. The lowest BCUT2D eigenvalue weighted by atomic mass is 10.1. The molecule has 2 N–H and O–H groups in total. The smallest absolute Gasteiger partial charge is 0.362 e. The Balaban J connectivity index is 1.91. The van der Waals surface area contributed by atoms with Gasteiger partial charge in [0.2, 0.25) is 5.69 Å². The average molecular weight is 335 g/mol. The molecule has 25 heavy (non-hydrogen) atoms. The summed E-state index contributed by atoms with van der Waals surface area (Å²) in [6.45, 7) is 0. The van der Waals surface area contributed by atoms with Crippen LogP contribution in [0.5, 0.6) is 17.4 Å². The van der Waals surface area contributed by atoms with Gasteiger partial charge in [-0.3, -0.25) is 0 Å². The molecule has 0 saturated heterocycles. The molecule has 7 heteroatoms. The Morgan fingerprint density at radius 2 is 1.96 bits per heavy atom. The Bertz CT molecular complexity index is 955. The topological polar surface area (TPSA) is 97.3 Å². The third kappa shape index (κ3) is 3.76. The van der Waals surface area contributed by atoms with E-state index in [0.29, 0.717) is 17.1 Å². The number of H-pyrrole nitrogens is 1. The molecule has 3 aromatic rings. The molecule has 0 aliphatic rings. The van der Waals surface area contributed by atoms with E-state index in [1.54, 1.807) is 25.3 Å². The van der Waals surface area contributed by atoms with Gasteiger partial charge in [0, 0.05) is 11.6 Å². The molecule has 0 amide bonds. The van der Waals surface area contributed by atoms with Gasteiger partial charge in [0.1, 0.15) is 11.5 Å². The Morgan fingerprint density at radius 3 is 2.68 bits per heavy atom. The zero-order valence-electron chi connectivity index (χ0n) is 13.2. The van der Waals surface area contributed by atoms with Gasteiger partial charge in [-0.15, -0.1) is 5.10 Å². The molecule has 7 nitrogen and oxygen atoms in total. The van der Waals surface area contributed by atoms with E-state index in [1.165, 1.54) is 0 Å². The minimum absolute atomic E-state index is 0.0559. The molecule has 0 fully saturated rings. The van der Waals surface area contributed by atoms with Crippen molar-refractivity contribution in [3.63, 3.8) is 0 Å². The standard InChI is InChI=1S/C18H13N3O4/c1-24-15-10-9-14(25-17-16(18(22)23)19-21-20-17)11-13(15)8-7-12-5-3-2-4-6-12/h2-6,9-11H,1H3,(H,22,23)(H,19,20,21). The molecule has 0 bridgehead atoms. The number of ether oxygens (including phenoxy) is 2. The summed E-state index contributed by atoms with van der Waals surface area (Å²) >= 11 is 0. The number of carboxylic acids is 1. The normalized spacial score (nSPS) is 9.80. The van der Waals surface area contributed by atoms with Gasteiger partial charge < -0.3 is 14.6 Å². The van der Waals surface area contributed by atoms with Crippen molar-refractivity contribution in [1.29, 1.82) is 0 Å². The molecule has 0 saturated carbocycles. The van der Waals surface area contributed by atoms with Crippen molar-refractivity contribution in [3.05, 3.63) is 65.4 Å². The SMILES string of the molecule is COc1ccc(Oc2[nH]nnc2C(=O)O)cc1C#Cc1ccccc1. The first-order valence-corrected chi connectivity index (χ1v) is 7.24. The van der Waals surface area contributed by atoms with Crippen LogP contribution >= 0.6 is 0 Å². The second kappa shape index (κ2) is 7.19. The summed E-state index contributed by atoms with van der Waals surface area (Å²) in [5.41, 5.74) is 1.17. The van der Waals surface area contributed by atoms with Crippen molar-refractivity contribution in [2.75, 3.05) is 7.11 Å². The van der Waals surface area contributed by atoms with E-state index in [0.717, 1.165) is 5.56 Å². The molecule has 2 aromatic carbocycles. The number of methoxy groups -OCH3 is 1. The van der Waals surface area contributed by atoms with Crippen LogP contribution in [0.3, 0.4) is 0 Å². The second-order valence-electron chi connectivity index (χ2n) is 4.87. The lowest BCUT2D eigenvalue weighted by Gasteiger charge is -2.07. The van der Waals surface area contributed by atoms with E-state index in [4.69, 9.17) is 14.6 Å². The van der Waals surface area contributed by atoms with Crippen molar-refractivity contribution < 1.29 is 19.4 Å². The Labute approximate surface area is 143 Å². The summed E-state index contributed by atoms with van der Waals surface area (Å²) in [5, 5.41) is 18.3. The number of hydrogen-bond donors (Lipinski definition) is 2. The second-order valence-corrected chi connectivity index (χ2v) is 4.87. The van der Waals surface area contributed by atoms with Crippen LogP contribution in [-0.2, 0) is 0 Å². The Hall–Kier alpha value is -3.79. The number of hydrogen-bond acceptors (Lipinski definition) is 5. The highest BCUT2D eigenvalue weighted by Gasteiger charge is 2.17. The van der Waals surface area contributed by atoms with Crippen molar-refractivity contribution in [1.82, 2.24) is 15.4 Å². The van der Waals surface area contributed by atoms with Crippen molar-refractivity contribution in [3.8, 4) is 29.2 Å². The molecule has 0 aliphatic heterocycles. The predicted molar refractivity (Wildman–Crippen MR) is 88.8 cm³/mol. The quantitative estimate of drug-likeness (QED) is 0.712. The van der Waals surface area contributed by atoms with E-state index in [9.17, 15) is 4.79 Å². The van der Waals surface area contributed by atoms with E-state index in [1.807, 2.05) is 30.3 Å². The van der Waals surface area contributed by atoms with Gasteiger partial charge in [-0.25, -0.2) is 9.89 Å². The third-order valence-electron chi connectivity index (χ3n) is 3.23. The van der Waals surface area contributed by atoms with Crippen LogP contribution in [0.25, 0.3) is 0 Å². The fourth-order valence-corrected chi connectivity index (χ4v) is 2.06. The summed E-state index contributed by atoms with van der Waals surface area (Å²) in [7, 11) is 1.55. The van der Waals surface area contributed by atoms with Gasteiger partial charge >= 0.3 is 5.97 Å². The first kappa shape index (κ1) is 16.1. The monoisotopic (exact) mass is 335 g/mol. The van der Waals surface area contributed by atoms with Crippen LogP contribution in [0.2, 0.25) is 0 Å². The number of benzene rings is 2. The third-order valence-corrected chi connectivity index (χ3v) is 3.23. The highest BCUT2D eigenvalue weighted by atomic mass is 16.5. The molecular weight excluding hydrogens is 322 g/mol. The minimum atomic E-state index is -1.23. The molecule has 124 valence electrons. The largest absolute Gasteiger partial charge is 0.495 e. The molecule has 0 unspecified atom stereocenters. The fourth-order valence-electron chi connectivity index (χ4n) is 2.06. The molecule has 0 aliphatic carbocycles. The maximum Gasteiger partial charge on any atom is 0.362 e. The van der Waals surface area contributed by atoms with Gasteiger partial charge in [0.05, 0.1) is 12.7 Å². The first-order valence-electron chi connectivity index (χ1n) is 7.24. The van der Waals surface area contributed by atoms with E-state index in [2.05, 4.69) is 27.3 Å². The molecular formula is C18H13N3O4. The van der Waals surface area contributed by atoms with Gasteiger partial charge in [-0.05, 0) is 24.3 Å². The van der Waals surface area contributed by atoms with Crippen LogP contribution in [0, 0.1) is 11.8 Å². The zero-order valence-corrected chi connectivity index (χ0v) is 13.2. The lowest BCUT2D eigenvalue weighted by Crippen LogP contribution is -2.00. The van der Waals surface area contributed by atoms with Gasteiger partial charge in [-0.2, -0.15) is 0 Å². The van der Waals surface area contributed by atoms with Crippen molar-refractivity contribution in [2.45, 2.75) is 0 Å². The molecule has 0 atom stereocenters. The first-order chi connectivity index (χ1) is 12.2. The number of aromatic carboxylic acids is 1. The van der Waals surface area contributed by atoms with Crippen LogP contribution in [-0.4, -0.2) is 33.6 Å². The van der Waals surface area contributed by atoms with Crippen LogP contribution in [0.1, 0.15) is 21.6 Å².